The van der Waals surface area contributed by atoms with E-state index in [1.807, 2.05) is 0 Å². The maximum absolute atomic E-state index is 14.1. The molecule has 5 nitrogen and oxygen atoms in total. The van der Waals surface area contributed by atoms with Gasteiger partial charge in [0.15, 0.2) is 0 Å². The van der Waals surface area contributed by atoms with Gasteiger partial charge in [0, 0.05) is 19.6 Å². The molecule has 0 heterocycles. The normalized spacial score (nSPS) is 15.0. The summed E-state index contributed by atoms with van der Waals surface area (Å²) in [6, 6.07) is 3.36. The first-order chi connectivity index (χ1) is 12.4. The number of allylic oxidation sites excluding steroid dienone is 1. The summed E-state index contributed by atoms with van der Waals surface area (Å²) in [5.74, 6) is -1.31. The van der Waals surface area contributed by atoms with Crippen molar-refractivity contribution in [2.75, 3.05) is 19.6 Å². The minimum absolute atomic E-state index is 0.0669. The zero-order valence-corrected chi connectivity index (χ0v) is 16.2. The Bertz CT molecular complexity index is 771. The van der Waals surface area contributed by atoms with Crippen LogP contribution in [0, 0.1) is 5.82 Å². The maximum Gasteiger partial charge on any atom is 0.254 e. The molecule has 1 N–H and O–H groups in total. The highest BCUT2D eigenvalue weighted by Gasteiger charge is 2.24. The second-order valence-electron chi connectivity index (χ2n) is 6.35. The molecule has 0 bridgehead atoms. The van der Waals surface area contributed by atoms with Crippen molar-refractivity contribution in [3.8, 4) is 0 Å². The molecule has 0 spiro atoms. The molecule has 7 heteroatoms. The van der Waals surface area contributed by atoms with Gasteiger partial charge in [0.25, 0.3) is 5.91 Å². The van der Waals surface area contributed by atoms with E-state index in [1.54, 1.807) is 13.8 Å². The maximum atomic E-state index is 14.1. The quantitative estimate of drug-likeness (QED) is 0.700. The van der Waals surface area contributed by atoms with Crippen LogP contribution in [0.2, 0.25) is 0 Å². The molecule has 0 aromatic heterocycles. The van der Waals surface area contributed by atoms with Crippen LogP contribution >= 0.6 is 0 Å². The van der Waals surface area contributed by atoms with E-state index in [0.717, 1.165) is 31.4 Å². The van der Waals surface area contributed by atoms with Crippen molar-refractivity contribution in [1.29, 1.82) is 0 Å². The van der Waals surface area contributed by atoms with Crippen molar-refractivity contribution >= 4 is 15.9 Å². The van der Waals surface area contributed by atoms with E-state index in [2.05, 4.69) is 11.4 Å². The fraction of sp³-hybridized carbons (Fsp3) is 0.526. The molecule has 1 amide bonds. The zero-order valence-electron chi connectivity index (χ0n) is 15.4. The Hall–Kier alpha value is -1.73. The SMILES string of the molecule is CCN(CC)S(=O)(=O)c1ccc(F)c(C(=O)NCCC2=CCCCC2)c1. The number of hydrogen-bond acceptors (Lipinski definition) is 3. The lowest BCUT2D eigenvalue weighted by Crippen LogP contribution is -2.31. The molecule has 26 heavy (non-hydrogen) atoms. The van der Waals surface area contributed by atoms with E-state index in [0.29, 0.717) is 19.6 Å². The lowest BCUT2D eigenvalue weighted by molar-refractivity contribution is 0.0949. The van der Waals surface area contributed by atoms with Gasteiger partial charge in [-0.05, 0) is 50.3 Å². The second kappa shape index (κ2) is 9.28. The third-order valence-electron chi connectivity index (χ3n) is 4.64. The van der Waals surface area contributed by atoms with Gasteiger partial charge in [-0.25, -0.2) is 12.8 Å². The highest BCUT2D eigenvalue weighted by atomic mass is 32.2. The molecule has 0 atom stereocenters. The van der Waals surface area contributed by atoms with Crippen LogP contribution in [0.4, 0.5) is 4.39 Å². The number of benzene rings is 1. The number of hydrogen-bond donors (Lipinski definition) is 1. The first-order valence-electron chi connectivity index (χ1n) is 9.16. The molecule has 0 aliphatic heterocycles. The van der Waals surface area contributed by atoms with E-state index in [4.69, 9.17) is 0 Å². The van der Waals surface area contributed by atoms with E-state index in [-0.39, 0.29) is 10.5 Å². The topological polar surface area (TPSA) is 66.5 Å². The van der Waals surface area contributed by atoms with Gasteiger partial charge >= 0.3 is 0 Å². The second-order valence-corrected chi connectivity index (χ2v) is 8.28. The van der Waals surface area contributed by atoms with E-state index in [1.165, 1.54) is 28.8 Å². The molecule has 0 saturated carbocycles. The number of carbonyl (C=O) groups excluding carboxylic acids is 1. The summed E-state index contributed by atoms with van der Waals surface area (Å²) < 4.78 is 40.5. The molecular formula is C19H27FN2O3S. The standard InChI is InChI=1S/C19H27FN2O3S/c1-3-22(4-2)26(24,25)16-10-11-18(20)17(14-16)19(23)21-13-12-15-8-6-5-7-9-15/h8,10-11,14H,3-7,9,12-13H2,1-2H3,(H,21,23). The summed E-state index contributed by atoms with van der Waals surface area (Å²) in [6.07, 6.45) is 7.43. The summed E-state index contributed by atoms with van der Waals surface area (Å²) in [5.41, 5.74) is 1.07. The van der Waals surface area contributed by atoms with Crippen molar-refractivity contribution in [1.82, 2.24) is 9.62 Å². The van der Waals surface area contributed by atoms with Crippen LogP contribution in [-0.4, -0.2) is 38.3 Å². The van der Waals surface area contributed by atoms with E-state index >= 15 is 0 Å². The molecule has 1 aliphatic rings. The van der Waals surface area contributed by atoms with Crippen molar-refractivity contribution in [3.05, 3.63) is 41.2 Å². The Morgan fingerprint density at radius 1 is 1.23 bits per heavy atom. The highest BCUT2D eigenvalue weighted by molar-refractivity contribution is 7.89. The third kappa shape index (κ3) is 4.92. The number of nitrogens with one attached hydrogen (secondary N) is 1. The summed E-state index contributed by atoms with van der Waals surface area (Å²) in [4.78, 5) is 12.2. The van der Waals surface area contributed by atoms with Crippen molar-refractivity contribution in [2.45, 2.75) is 50.8 Å². The Balaban J connectivity index is 2.11. The number of nitrogens with zero attached hydrogens (tertiary/aromatic N) is 1. The van der Waals surface area contributed by atoms with Gasteiger partial charge in [0.2, 0.25) is 10.0 Å². The minimum atomic E-state index is -3.73. The molecule has 1 aromatic rings. The van der Waals surface area contributed by atoms with Crippen LogP contribution in [0.25, 0.3) is 0 Å². The smallest absolute Gasteiger partial charge is 0.254 e. The molecular weight excluding hydrogens is 355 g/mol. The lowest BCUT2D eigenvalue weighted by atomic mass is 9.97. The number of carbonyl (C=O) groups is 1. The Morgan fingerprint density at radius 3 is 2.58 bits per heavy atom. The summed E-state index contributed by atoms with van der Waals surface area (Å²) in [7, 11) is -3.73. The van der Waals surface area contributed by atoms with Crippen LogP contribution in [-0.2, 0) is 10.0 Å². The molecule has 144 valence electrons. The molecule has 0 saturated heterocycles. The monoisotopic (exact) mass is 382 g/mol. The van der Waals surface area contributed by atoms with Crippen LogP contribution in [0.15, 0.2) is 34.7 Å². The summed E-state index contributed by atoms with van der Waals surface area (Å²) in [6.45, 7) is 4.51. The minimum Gasteiger partial charge on any atom is -0.352 e. The van der Waals surface area contributed by atoms with Gasteiger partial charge < -0.3 is 5.32 Å². The van der Waals surface area contributed by atoms with E-state index < -0.39 is 21.7 Å². The molecule has 0 radical (unpaired) electrons. The van der Waals surface area contributed by atoms with Crippen molar-refractivity contribution in [3.63, 3.8) is 0 Å². The Labute approximate surface area is 155 Å². The first kappa shape index (κ1) is 20.6. The number of amides is 1. The van der Waals surface area contributed by atoms with Gasteiger partial charge in [-0.1, -0.05) is 25.5 Å². The predicted molar refractivity (Wildman–Crippen MR) is 100 cm³/mol. The third-order valence-corrected chi connectivity index (χ3v) is 6.69. The predicted octanol–water partition coefficient (Wildman–Crippen LogP) is 3.48. The fourth-order valence-corrected chi connectivity index (χ4v) is 4.60. The number of sulfonamides is 1. The van der Waals surface area contributed by atoms with Crippen molar-refractivity contribution in [2.24, 2.45) is 0 Å². The van der Waals surface area contributed by atoms with Crippen molar-refractivity contribution < 1.29 is 17.6 Å². The van der Waals surface area contributed by atoms with Crippen LogP contribution in [0.5, 0.6) is 0 Å². The molecule has 0 fully saturated rings. The van der Waals surface area contributed by atoms with Crippen LogP contribution in [0.3, 0.4) is 0 Å². The Kier molecular flexibility index (Phi) is 7.34. The largest absolute Gasteiger partial charge is 0.352 e. The van der Waals surface area contributed by atoms with E-state index in [9.17, 15) is 17.6 Å². The highest BCUT2D eigenvalue weighted by Crippen LogP contribution is 2.21. The Morgan fingerprint density at radius 2 is 1.96 bits per heavy atom. The summed E-state index contributed by atoms with van der Waals surface area (Å²) in [5, 5.41) is 2.69. The molecule has 1 aromatic carbocycles. The van der Waals surface area contributed by atoms with Gasteiger partial charge in [-0.3, -0.25) is 4.79 Å². The van der Waals surface area contributed by atoms with Gasteiger partial charge in [-0.15, -0.1) is 0 Å². The zero-order chi connectivity index (χ0) is 19.2. The molecule has 0 unspecified atom stereocenters. The average Bonchev–Trinajstić information content (AvgIpc) is 2.63. The van der Waals surface area contributed by atoms with Gasteiger partial charge in [-0.2, -0.15) is 4.31 Å². The van der Waals surface area contributed by atoms with Gasteiger partial charge in [0.1, 0.15) is 5.82 Å². The number of halogens is 1. The summed E-state index contributed by atoms with van der Waals surface area (Å²) >= 11 is 0. The first-order valence-corrected chi connectivity index (χ1v) is 10.6. The molecule has 1 aliphatic carbocycles. The number of rotatable bonds is 8. The fourth-order valence-electron chi connectivity index (χ4n) is 3.11. The van der Waals surface area contributed by atoms with Gasteiger partial charge in [0.05, 0.1) is 10.5 Å². The average molecular weight is 383 g/mol. The van der Waals surface area contributed by atoms with Crippen LogP contribution in [0.1, 0.15) is 56.3 Å². The van der Waals surface area contributed by atoms with Crippen LogP contribution < -0.4 is 5.32 Å². The molecule has 2 rings (SSSR count). The lowest BCUT2D eigenvalue weighted by Gasteiger charge is -2.19.